The molecule has 0 saturated heterocycles. The number of nitrogens with zero attached hydrogens (tertiary/aromatic N) is 1. The van der Waals surface area contributed by atoms with Gasteiger partial charge in [-0.15, -0.1) is 0 Å². The van der Waals surface area contributed by atoms with Gasteiger partial charge in [-0.25, -0.2) is 9.59 Å². The number of para-hydroxylation sites is 1. The molecule has 0 spiro atoms. The molecule has 0 aliphatic carbocycles. The summed E-state index contributed by atoms with van der Waals surface area (Å²) in [6, 6.07) is 12.7. The van der Waals surface area contributed by atoms with E-state index in [1.165, 1.54) is 4.90 Å². The first-order valence-corrected chi connectivity index (χ1v) is 10.9. The lowest BCUT2D eigenvalue weighted by Gasteiger charge is -2.37. The van der Waals surface area contributed by atoms with Crippen LogP contribution in [-0.4, -0.2) is 37.3 Å². The van der Waals surface area contributed by atoms with E-state index in [2.05, 4.69) is 10.6 Å². The number of ether oxygens (including phenoxy) is 2. The molecule has 33 heavy (non-hydrogen) atoms. The van der Waals surface area contributed by atoms with E-state index in [9.17, 15) is 14.4 Å². The zero-order chi connectivity index (χ0) is 24.4. The topological polar surface area (TPSA) is 97.0 Å². The van der Waals surface area contributed by atoms with Crippen LogP contribution in [-0.2, 0) is 19.8 Å². The zero-order valence-corrected chi connectivity index (χ0v) is 20.0. The van der Waals surface area contributed by atoms with Crippen molar-refractivity contribution in [2.75, 3.05) is 18.6 Å². The highest BCUT2D eigenvalue weighted by Crippen LogP contribution is 2.47. The van der Waals surface area contributed by atoms with Gasteiger partial charge >= 0.3 is 12.2 Å². The lowest BCUT2D eigenvalue weighted by Crippen LogP contribution is -2.60. The molecular weight excluding hydrogens is 446 g/mol. The van der Waals surface area contributed by atoms with Gasteiger partial charge < -0.3 is 25.0 Å². The molecule has 0 aromatic heterocycles. The summed E-state index contributed by atoms with van der Waals surface area (Å²) in [5.74, 6) is -0.437. The molecule has 0 bridgehead atoms. The van der Waals surface area contributed by atoms with E-state index in [1.54, 1.807) is 83.3 Å². The summed E-state index contributed by atoms with van der Waals surface area (Å²) in [4.78, 5) is 40.8. The first kappa shape index (κ1) is 24.4. The normalized spacial score (nSPS) is 18.4. The number of hydrogen-bond donors (Lipinski definition) is 2. The quantitative estimate of drug-likeness (QED) is 0.665. The molecule has 1 aliphatic rings. The summed E-state index contributed by atoms with van der Waals surface area (Å²) in [5.41, 5.74) is -0.807. The number of rotatable bonds is 5. The maximum atomic E-state index is 13.8. The van der Waals surface area contributed by atoms with Crippen molar-refractivity contribution in [1.82, 2.24) is 10.6 Å². The van der Waals surface area contributed by atoms with Crippen LogP contribution in [0.5, 0.6) is 0 Å². The summed E-state index contributed by atoms with van der Waals surface area (Å²) in [5, 5.41) is 6.05. The third-order valence-corrected chi connectivity index (χ3v) is 5.46. The van der Waals surface area contributed by atoms with Crippen LogP contribution < -0.4 is 15.5 Å². The monoisotopic (exact) mass is 473 g/mol. The molecule has 2 aromatic carbocycles. The lowest BCUT2D eigenvalue weighted by atomic mass is 9.80. The van der Waals surface area contributed by atoms with E-state index in [4.69, 9.17) is 21.1 Å². The summed E-state index contributed by atoms with van der Waals surface area (Å²) < 4.78 is 10.6. The van der Waals surface area contributed by atoms with Gasteiger partial charge in [-0.3, -0.25) is 4.79 Å². The number of halogens is 1. The van der Waals surface area contributed by atoms with Crippen LogP contribution in [0, 0.1) is 0 Å². The number of benzene rings is 2. The zero-order valence-electron chi connectivity index (χ0n) is 19.3. The number of carbonyl (C=O) groups is 3. The van der Waals surface area contributed by atoms with Gasteiger partial charge in [-0.2, -0.15) is 0 Å². The SMILES string of the molecule is CCOC(=O)NC1([C@@H](NC(=O)OC(C)(C)C)c2ccc(Cl)cc2)C(=O)N(C)c2ccccc21. The van der Waals surface area contributed by atoms with Gasteiger partial charge in [0, 0.05) is 23.3 Å². The summed E-state index contributed by atoms with van der Waals surface area (Å²) >= 11 is 6.09. The third-order valence-electron chi connectivity index (χ3n) is 5.20. The Balaban J connectivity index is 2.22. The van der Waals surface area contributed by atoms with Gasteiger partial charge in [0.2, 0.25) is 0 Å². The van der Waals surface area contributed by atoms with Crippen molar-refractivity contribution in [2.24, 2.45) is 0 Å². The summed E-state index contributed by atoms with van der Waals surface area (Å²) in [6.45, 7) is 6.98. The lowest BCUT2D eigenvalue weighted by molar-refractivity contribution is -0.125. The molecule has 176 valence electrons. The standard InChI is InChI=1S/C24H28ClN3O5/c1-6-32-22(31)27-24(17-9-7-8-10-18(17)28(5)20(24)29)19(15-11-13-16(25)14-12-15)26-21(30)33-23(2,3)4/h7-14,19H,6H2,1-5H3,(H,26,30)(H,27,31)/t19-,24?/m0/s1. The molecule has 0 radical (unpaired) electrons. The van der Waals surface area contributed by atoms with Crippen molar-refractivity contribution in [2.45, 2.75) is 44.9 Å². The van der Waals surface area contributed by atoms with Gasteiger partial charge in [0.15, 0.2) is 5.54 Å². The molecule has 8 nitrogen and oxygen atoms in total. The predicted molar refractivity (Wildman–Crippen MR) is 125 cm³/mol. The van der Waals surface area contributed by atoms with E-state index in [1.807, 2.05) is 0 Å². The van der Waals surface area contributed by atoms with E-state index in [-0.39, 0.29) is 6.61 Å². The minimum absolute atomic E-state index is 0.110. The molecule has 2 aromatic rings. The second kappa shape index (κ2) is 9.31. The van der Waals surface area contributed by atoms with Crippen LogP contribution in [0.15, 0.2) is 48.5 Å². The second-order valence-corrected chi connectivity index (χ2v) is 9.10. The van der Waals surface area contributed by atoms with Crippen LogP contribution in [0.1, 0.15) is 44.9 Å². The van der Waals surface area contributed by atoms with Crippen molar-refractivity contribution < 1.29 is 23.9 Å². The minimum Gasteiger partial charge on any atom is -0.450 e. The molecule has 1 heterocycles. The van der Waals surface area contributed by atoms with Crippen molar-refractivity contribution in [3.8, 4) is 0 Å². The maximum Gasteiger partial charge on any atom is 0.408 e. The predicted octanol–water partition coefficient (Wildman–Crippen LogP) is 4.52. The average Bonchev–Trinajstić information content (AvgIpc) is 2.94. The van der Waals surface area contributed by atoms with E-state index in [0.29, 0.717) is 21.8 Å². The fourth-order valence-electron chi connectivity index (χ4n) is 3.91. The highest BCUT2D eigenvalue weighted by atomic mass is 35.5. The Hall–Kier alpha value is -3.26. The Morgan fingerprint density at radius 1 is 1.09 bits per heavy atom. The molecule has 0 fully saturated rings. The van der Waals surface area contributed by atoms with Gasteiger partial charge in [0.05, 0.1) is 12.6 Å². The fraction of sp³-hybridized carbons (Fsp3) is 0.375. The van der Waals surface area contributed by atoms with Gasteiger partial charge in [0.25, 0.3) is 5.91 Å². The molecule has 0 saturated carbocycles. The second-order valence-electron chi connectivity index (χ2n) is 8.67. The molecule has 1 unspecified atom stereocenters. The summed E-state index contributed by atoms with van der Waals surface area (Å²) in [7, 11) is 1.61. The van der Waals surface area contributed by atoms with Gasteiger partial charge in [-0.05, 0) is 51.5 Å². The van der Waals surface area contributed by atoms with Crippen LogP contribution in [0.25, 0.3) is 0 Å². The smallest absolute Gasteiger partial charge is 0.408 e. The van der Waals surface area contributed by atoms with Crippen molar-refractivity contribution in [3.63, 3.8) is 0 Å². The number of hydrogen-bond acceptors (Lipinski definition) is 5. The van der Waals surface area contributed by atoms with Gasteiger partial charge in [-0.1, -0.05) is 41.9 Å². The van der Waals surface area contributed by atoms with E-state index >= 15 is 0 Å². The molecule has 2 N–H and O–H groups in total. The van der Waals surface area contributed by atoms with Crippen LogP contribution in [0.3, 0.4) is 0 Å². The molecule has 9 heteroatoms. The van der Waals surface area contributed by atoms with E-state index in [0.717, 1.165) is 0 Å². The highest BCUT2D eigenvalue weighted by molar-refractivity contribution is 6.30. The Kier molecular flexibility index (Phi) is 6.88. The summed E-state index contributed by atoms with van der Waals surface area (Å²) in [6.07, 6.45) is -1.53. The number of fused-ring (bicyclic) bond motifs is 1. The molecule has 3 amide bonds. The molecular formula is C24H28ClN3O5. The fourth-order valence-corrected chi connectivity index (χ4v) is 4.04. The van der Waals surface area contributed by atoms with Crippen LogP contribution in [0.2, 0.25) is 5.02 Å². The Labute approximate surface area is 198 Å². The average molecular weight is 474 g/mol. The number of amides is 3. The van der Waals surface area contributed by atoms with Crippen molar-refractivity contribution in [1.29, 1.82) is 0 Å². The van der Waals surface area contributed by atoms with Crippen LogP contribution in [0.4, 0.5) is 15.3 Å². The number of anilines is 1. The van der Waals surface area contributed by atoms with E-state index < -0.39 is 35.3 Å². The molecule has 1 aliphatic heterocycles. The number of nitrogens with one attached hydrogen (secondary N) is 2. The molecule has 2 atom stereocenters. The first-order valence-electron chi connectivity index (χ1n) is 10.6. The Morgan fingerprint density at radius 2 is 1.73 bits per heavy atom. The van der Waals surface area contributed by atoms with Crippen molar-refractivity contribution >= 4 is 35.4 Å². The Bertz CT molecular complexity index is 1050. The van der Waals surface area contributed by atoms with Gasteiger partial charge in [0.1, 0.15) is 5.60 Å². The number of likely N-dealkylation sites (N-methyl/N-ethyl adjacent to an activating group) is 1. The minimum atomic E-state index is -1.69. The molecule has 3 rings (SSSR count). The van der Waals surface area contributed by atoms with Crippen molar-refractivity contribution in [3.05, 3.63) is 64.7 Å². The third kappa shape index (κ3) is 4.90. The highest BCUT2D eigenvalue weighted by Gasteiger charge is 2.57. The maximum absolute atomic E-state index is 13.8. The van der Waals surface area contributed by atoms with Crippen LogP contribution >= 0.6 is 11.6 Å². The Morgan fingerprint density at radius 3 is 2.33 bits per heavy atom. The number of alkyl carbamates (subject to hydrolysis) is 2. The largest absolute Gasteiger partial charge is 0.450 e. The first-order chi connectivity index (χ1) is 15.5. The number of carbonyl (C=O) groups excluding carboxylic acids is 3.